The summed E-state index contributed by atoms with van der Waals surface area (Å²) >= 11 is 6.09. The first-order valence-corrected chi connectivity index (χ1v) is 8.97. The minimum Gasteiger partial charge on any atom is -0.465 e. The molecule has 0 atom stereocenters. The van der Waals surface area contributed by atoms with Gasteiger partial charge in [0.05, 0.1) is 10.7 Å². The summed E-state index contributed by atoms with van der Waals surface area (Å²) in [6, 6.07) is 12.5. The Morgan fingerprint density at radius 2 is 1.67 bits per heavy atom. The number of anilines is 3. The number of nitrogens with one attached hydrogen (secondary N) is 2. The monoisotopic (exact) mass is 388 g/mol. The van der Waals surface area contributed by atoms with Crippen LogP contribution in [0.15, 0.2) is 42.5 Å². The van der Waals surface area contributed by atoms with Crippen molar-refractivity contribution < 1.29 is 14.7 Å². The molecule has 1 fully saturated rings. The van der Waals surface area contributed by atoms with E-state index in [2.05, 4.69) is 15.5 Å². The van der Waals surface area contributed by atoms with Crippen molar-refractivity contribution >= 4 is 40.8 Å². The highest BCUT2D eigenvalue weighted by atomic mass is 35.5. The Morgan fingerprint density at radius 1 is 1.00 bits per heavy atom. The molecule has 0 spiro atoms. The lowest BCUT2D eigenvalue weighted by molar-refractivity contribution is 0.142. The summed E-state index contributed by atoms with van der Waals surface area (Å²) in [5.74, 6) is 0. The van der Waals surface area contributed by atoms with Gasteiger partial charge in [-0.25, -0.2) is 9.59 Å². The minimum absolute atomic E-state index is 0.370. The van der Waals surface area contributed by atoms with Crippen molar-refractivity contribution in [1.29, 1.82) is 0 Å². The lowest BCUT2D eigenvalue weighted by atomic mass is 10.2. The normalized spacial score (nSPS) is 14.0. The van der Waals surface area contributed by atoms with Crippen LogP contribution in [0.2, 0.25) is 5.02 Å². The molecule has 0 aliphatic carbocycles. The number of aryl methyl sites for hydroxylation is 1. The molecule has 1 aliphatic rings. The third kappa shape index (κ3) is 4.83. The molecule has 1 aliphatic heterocycles. The second kappa shape index (κ2) is 8.18. The van der Waals surface area contributed by atoms with Gasteiger partial charge in [0.2, 0.25) is 0 Å². The maximum atomic E-state index is 12.2. The number of hydrogen-bond donors (Lipinski definition) is 3. The standard InChI is InChI=1S/C19H21ClN4O3/c1-13-2-7-16(20)17(12-13)22-18(25)21-14-3-5-15(6-4-14)23-8-10-24(11-9-23)19(26)27/h2-7,12H,8-11H2,1H3,(H,26,27)(H2,21,22,25). The number of amides is 3. The molecule has 7 nitrogen and oxygen atoms in total. The van der Waals surface area contributed by atoms with Crippen LogP contribution < -0.4 is 15.5 Å². The van der Waals surface area contributed by atoms with Gasteiger partial charge in [0.25, 0.3) is 0 Å². The zero-order valence-electron chi connectivity index (χ0n) is 14.9. The Bertz CT molecular complexity index is 833. The number of urea groups is 1. The quantitative estimate of drug-likeness (QED) is 0.739. The average Bonchev–Trinajstić information content (AvgIpc) is 2.65. The van der Waals surface area contributed by atoms with Crippen molar-refractivity contribution in [2.24, 2.45) is 0 Å². The first-order valence-electron chi connectivity index (χ1n) is 8.59. The van der Waals surface area contributed by atoms with Crippen molar-refractivity contribution in [2.45, 2.75) is 6.92 Å². The smallest absolute Gasteiger partial charge is 0.407 e. The van der Waals surface area contributed by atoms with Gasteiger partial charge >= 0.3 is 12.1 Å². The Balaban J connectivity index is 1.57. The molecule has 2 aromatic rings. The summed E-state index contributed by atoms with van der Waals surface area (Å²) in [5, 5.41) is 15.0. The molecule has 0 unspecified atom stereocenters. The van der Waals surface area contributed by atoms with E-state index in [4.69, 9.17) is 16.7 Å². The van der Waals surface area contributed by atoms with Crippen LogP contribution in [0.3, 0.4) is 0 Å². The van der Waals surface area contributed by atoms with Crippen molar-refractivity contribution in [3.05, 3.63) is 53.1 Å². The number of carboxylic acid groups (broad SMARTS) is 1. The van der Waals surface area contributed by atoms with Crippen LogP contribution in [0.5, 0.6) is 0 Å². The summed E-state index contributed by atoms with van der Waals surface area (Å²) in [7, 11) is 0. The minimum atomic E-state index is -0.881. The average molecular weight is 389 g/mol. The molecule has 1 saturated heterocycles. The van der Waals surface area contributed by atoms with E-state index in [-0.39, 0.29) is 6.03 Å². The molecule has 0 aromatic heterocycles. The SMILES string of the molecule is Cc1ccc(Cl)c(NC(=O)Nc2ccc(N3CCN(C(=O)O)CC3)cc2)c1. The van der Waals surface area contributed by atoms with Crippen molar-refractivity contribution in [1.82, 2.24) is 4.90 Å². The summed E-state index contributed by atoms with van der Waals surface area (Å²) in [6.07, 6.45) is -0.881. The zero-order valence-corrected chi connectivity index (χ0v) is 15.7. The Hall–Kier alpha value is -2.93. The van der Waals surface area contributed by atoms with E-state index in [1.54, 1.807) is 6.07 Å². The Labute approximate surface area is 162 Å². The Kier molecular flexibility index (Phi) is 5.71. The molecule has 0 radical (unpaired) electrons. The van der Waals surface area contributed by atoms with E-state index in [9.17, 15) is 9.59 Å². The second-order valence-electron chi connectivity index (χ2n) is 6.37. The van der Waals surface area contributed by atoms with Gasteiger partial charge in [-0.1, -0.05) is 17.7 Å². The molecular formula is C19H21ClN4O3. The Morgan fingerprint density at radius 3 is 2.30 bits per heavy atom. The molecule has 3 amide bonds. The largest absolute Gasteiger partial charge is 0.465 e. The fourth-order valence-electron chi connectivity index (χ4n) is 2.93. The van der Waals surface area contributed by atoms with E-state index >= 15 is 0 Å². The fourth-order valence-corrected chi connectivity index (χ4v) is 3.10. The predicted octanol–water partition coefficient (Wildman–Crippen LogP) is 4.09. The number of hydrogen-bond acceptors (Lipinski definition) is 3. The molecule has 0 bridgehead atoms. The third-order valence-corrected chi connectivity index (χ3v) is 4.74. The highest BCUT2D eigenvalue weighted by Gasteiger charge is 2.20. The van der Waals surface area contributed by atoms with Gasteiger partial charge in [0.1, 0.15) is 0 Å². The van der Waals surface area contributed by atoms with E-state index in [0.29, 0.717) is 42.6 Å². The molecule has 27 heavy (non-hydrogen) atoms. The first-order chi connectivity index (χ1) is 12.9. The van der Waals surface area contributed by atoms with Crippen LogP contribution >= 0.6 is 11.6 Å². The van der Waals surface area contributed by atoms with Gasteiger partial charge in [0.15, 0.2) is 0 Å². The van der Waals surface area contributed by atoms with Crippen LogP contribution in [0, 0.1) is 6.92 Å². The van der Waals surface area contributed by atoms with Gasteiger partial charge in [-0.3, -0.25) is 0 Å². The van der Waals surface area contributed by atoms with Crippen LogP contribution in [0.4, 0.5) is 26.7 Å². The number of piperazine rings is 1. The summed E-state index contributed by atoms with van der Waals surface area (Å²) < 4.78 is 0. The fraction of sp³-hybridized carbons (Fsp3) is 0.263. The molecule has 0 saturated carbocycles. The first kappa shape index (κ1) is 18.8. The number of carbonyl (C=O) groups is 2. The van der Waals surface area contributed by atoms with Gasteiger partial charge in [-0.15, -0.1) is 0 Å². The molecule has 1 heterocycles. The van der Waals surface area contributed by atoms with Gasteiger partial charge in [-0.05, 0) is 48.9 Å². The van der Waals surface area contributed by atoms with Crippen LogP contribution in [0.25, 0.3) is 0 Å². The third-order valence-electron chi connectivity index (χ3n) is 4.41. The molecule has 3 rings (SSSR count). The van der Waals surface area contributed by atoms with Crippen LogP contribution in [0.1, 0.15) is 5.56 Å². The van der Waals surface area contributed by atoms with Gasteiger partial charge < -0.3 is 25.5 Å². The number of halogens is 1. The number of rotatable bonds is 3. The number of nitrogens with zero attached hydrogens (tertiary/aromatic N) is 2. The molecule has 8 heteroatoms. The molecule has 3 N–H and O–H groups in total. The van der Waals surface area contributed by atoms with E-state index in [1.807, 2.05) is 43.3 Å². The summed E-state index contributed by atoms with van der Waals surface area (Å²) in [6.45, 7) is 4.18. The molecule has 142 valence electrons. The molecular weight excluding hydrogens is 368 g/mol. The maximum Gasteiger partial charge on any atom is 0.407 e. The highest BCUT2D eigenvalue weighted by molar-refractivity contribution is 6.33. The van der Waals surface area contributed by atoms with Gasteiger partial charge in [0, 0.05) is 37.6 Å². The van der Waals surface area contributed by atoms with E-state index < -0.39 is 6.09 Å². The second-order valence-corrected chi connectivity index (χ2v) is 6.77. The maximum absolute atomic E-state index is 12.2. The lowest BCUT2D eigenvalue weighted by Crippen LogP contribution is -2.48. The highest BCUT2D eigenvalue weighted by Crippen LogP contribution is 2.23. The number of benzene rings is 2. The lowest BCUT2D eigenvalue weighted by Gasteiger charge is -2.34. The van der Waals surface area contributed by atoms with Crippen LogP contribution in [-0.2, 0) is 0 Å². The van der Waals surface area contributed by atoms with Crippen LogP contribution in [-0.4, -0.2) is 48.3 Å². The van der Waals surface area contributed by atoms with Crippen molar-refractivity contribution in [2.75, 3.05) is 41.7 Å². The van der Waals surface area contributed by atoms with Crippen molar-refractivity contribution in [3.63, 3.8) is 0 Å². The van der Waals surface area contributed by atoms with E-state index in [1.165, 1.54) is 4.90 Å². The summed E-state index contributed by atoms with van der Waals surface area (Å²) in [5.41, 5.74) is 3.21. The molecule has 2 aromatic carbocycles. The summed E-state index contributed by atoms with van der Waals surface area (Å²) in [4.78, 5) is 26.7. The van der Waals surface area contributed by atoms with E-state index in [0.717, 1.165) is 11.3 Å². The number of carbonyl (C=O) groups excluding carboxylic acids is 1. The topological polar surface area (TPSA) is 84.9 Å². The van der Waals surface area contributed by atoms with Gasteiger partial charge in [-0.2, -0.15) is 0 Å². The predicted molar refractivity (Wildman–Crippen MR) is 107 cm³/mol. The zero-order chi connectivity index (χ0) is 19.4. The van der Waals surface area contributed by atoms with Crippen molar-refractivity contribution in [3.8, 4) is 0 Å².